The van der Waals surface area contributed by atoms with E-state index >= 15 is 0 Å². The molecule has 0 amide bonds. The zero-order valence-corrected chi connectivity index (χ0v) is 10.1. The molecule has 0 spiro atoms. The minimum atomic E-state index is -0.572. The predicted octanol–water partition coefficient (Wildman–Crippen LogP) is 0.855. The molecule has 1 heterocycles. The van der Waals surface area contributed by atoms with Crippen molar-refractivity contribution >= 4 is 5.97 Å². The molecule has 0 atom stereocenters. The Labute approximate surface area is 104 Å². The van der Waals surface area contributed by atoms with Gasteiger partial charge in [0.1, 0.15) is 6.33 Å². The number of rotatable bonds is 3. The Kier molecular flexibility index (Phi) is 3.38. The molecule has 0 aliphatic heterocycles. The number of hydrogen-bond acceptors (Lipinski definition) is 5. The van der Waals surface area contributed by atoms with E-state index in [-0.39, 0.29) is 12.4 Å². The highest BCUT2D eigenvalue weighted by molar-refractivity contribution is 5.84. The topological polar surface area (TPSA) is 77.2 Å². The summed E-state index contributed by atoms with van der Waals surface area (Å²) in [6.45, 7) is 1.89. The van der Waals surface area contributed by atoms with Crippen LogP contribution in [-0.4, -0.2) is 33.0 Å². The molecule has 0 aliphatic carbocycles. The molecule has 18 heavy (non-hydrogen) atoms. The zero-order valence-electron chi connectivity index (χ0n) is 10.1. The largest absolute Gasteiger partial charge is 0.463 e. The zero-order chi connectivity index (χ0) is 13.1. The fourth-order valence-electron chi connectivity index (χ4n) is 1.57. The summed E-state index contributed by atoms with van der Waals surface area (Å²) in [5.74, 6) is -0.557. The van der Waals surface area contributed by atoms with Gasteiger partial charge in [0.2, 0.25) is 0 Å². The Hall–Kier alpha value is -2.21. The van der Waals surface area contributed by atoms with Crippen molar-refractivity contribution < 1.29 is 14.6 Å². The van der Waals surface area contributed by atoms with Crippen LogP contribution >= 0.6 is 0 Å². The molecule has 1 aromatic heterocycles. The minimum Gasteiger partial charge on any atom is -0.463 e. The number of aliphatic hydroxyl groups excluding tert-OH is 1. The van der Waals surface area contributed by atoms with Crippen molar-refractivity contribution in [2.45, 2.75) is 13.5 Å². The Morgan fingerprint density at radius 1 is 1.50 bits per heavy atom. The fraction of sp³-hybridized carbons (Fsp3) is 0.250. The van der Waals surface area contributed by atoms with Crippen LogP contribution in [0.5, 0.6) is 0 Å². The van der Waals surface area contributed by atoms with Gasteiger partial charge in [0, 0.05) is 0 Å². The molecule has 0 bridgehead atoms. The molecule has 0 saturated heterocycles. The predicted molar refractivity (Wildman–Crippen MR) is 63.4 cm³/mol. The number of ether oxygens (including phenoxy) is 1. The third kappa shape index (κ3) is 2.23. The second-order valence-electron chi connectivity index (χ2n) is 3.77. The number of nitrogens with zero attached hydrogens (tertiary/aromatic N) is 3. The van der Waals surface area contributed by atoms with Crippen LogP contribution in [0.2, 0.25) is 0 Å². The molecular formula is C12H13N3O3. The number of carbonyl (C=O) groups excluding carboxylic acids is 1. The van der Waals surface area contributed by atoms with Gasteiger partial charge in [-0.15, -0.1) is 5.10 Å². The van der Waals surface area contributed by atoms with E-state index in [2.05, 4.69) is 14.8 Å². The second-order valence-corrected chi connectivity index (χ2v) is 3.77. The lowest BCUT2D eigenvalue weighted by Gasteiger charge is -2.05. The van der Waals surface area contributed by atoms with Gasteiger partial charge in [-0.2, -0.15) is 0 Å². The summed E-state index contributed by atoms with van der Waals surface area (Å²) >= 11 is 0. The molecule has 6 heteroatoms. The molecule has 2 aromatic rings. The number of esters is 1. The summed E-state index contributed by atoms with van der Waals surface area (Å²) in [7, 11) is 1.28. The van der Waals surface area contributed by atoms with Gasteiger partial charge >= 0.3 is 5.97 Å². The summed E-state index contributed by atoms with van der Waals surface area (Å²) < 4.78 is 6.02. The van der Waals surface area contributed by atoms with Crippen LogP contribution in [-0.2, 0) is 11.3 Å². The van der Waals surface area contributed by atoms with Gasteiger partial charge in [0.05, 0.1) is 19.4 Å². The van der Waals surface area contributed by atoms with E-state index in [1.54, 1.807) is 6.07 Å². The summed E-state index contributed by atoms with van der Waals surface area (Å²) in [5.41, 5.74) is 2.57. The van der Waals surface area contributed by atoms with Crippen molar-refractivity contribution in [3.8, 4) is 5.69 Å². The first-order valence-electron chi connectivity index (χ1n) is 5.36. The lowest BCUT2D eigenvalue weighted by molar-refractivity contribution is 0.0587. The van der Waals surface area contributed by atoms with Crippen LogP contribution in [0.1, 0.15) is 21.7 Å². The Morgan fingerprint density at radius 2 is 2.28 bits per heavy atom. The third-order valence-corrected chi connectivity index (χ3v) is 2.62. The fourth-order valence-corrected chi connectivity index (χ4v) is 1.57. The summed E-state index contributed by atoms with van der Waals surface area (Å²) in [5, 5.41) is 13.1. The molecule has 94 valence electrons. The first-order valence-corrected chi connectivity index (χ1v) is 5.36. The van der Waals surface area contributed by atoms with Gasteiger partial charge in [-0.25, -0.2) is 14.5 Å². The van der Waals surface area contributed by atoms with E-state index in [4.69, 9.17) is 5.11 Å². The van der Waals surface area contributed by atoms with E-state index < -0.39 is 5.97 Å². The van der Waals surface area contributed by atoms with Crippen LogP contribution in [0, 0.1) is 6.92 Å². The van der Waals surface area contributed by atoms with Crippen molar-refractivity contribution in [2.24, 2.45) is 0 Å². The monoisotopic (exact) mass is 247 g/mol. The summed E-state index contributed by atoms with van der Waals surface area (Å²) in [4.78, 5) is 15.1. The van der Waals surface area contributed by atoms with Gasteiger partial charge in [0.25, 0.3) is 5.82 Å². The van der Waals surface area contributed by atoms with Crippen molar-refractivity contribution in [1.82, 2.24) is 14.8 Å². The first kappa shape index (κ1) is 12.3. The Bertz CT molecular complexity index is 578. The van der Waals surface area contributed by atoms with E-state index in [9.17, 15) is 4.79 Å². The number of aryl methyl sites for hydroxylation is 1. The molecule has 0 saturated carbocycles. The highest BCUT2D eigenvalue weighted by atomic mass is 16.5. The van der Waals surface area contributed by atoms with Gasteiger partial charge < -0.3 is 9.84 Å². The average molecular weight is 247 g/mol. The van der Waals surface area contributed by atoms with Gasteiger partial charge in [-0.05, 0) is 30.2 Å². The van der Waals surface area contributed by atoms with Crippen molar-refractivity contribution in [3.63, 3.8) is 0 Å². The van der Waals surface area contributed by atoms with Gasteiger partial charge in [0.15, 0.2) is 0 Å². The van der Waals surface area contributed by atoms with Crippen molar-refractivity contribution in [3.05, 3.63) is 41.5 Å². The molecule has 2 rings (SSSR count). The first-order chi connectivity index (χ1) is 8.65. The van der Waals surface area contributed by atoms with Crippen LogP contribution in [0.15, 0.2) is 24.5 Å². The number of aromatic nitrogens is 3. The molecule has 1 aromatic carbocycles. The summed E-state index contributed by atoms with van der Waals surface area (Å²) in [6, 6.07) is 5.47. The highest BCUT2D eigenvalue weighted by Crippen LogP contribution is 2.14. The molecule has 1 N–H and O–H groups in total. The lowest BCUT2D eigenvalue weighted by atomic mass is 10.1. The highest BCUT2D eigenvalue weighted by Gasteiger charge is 2.12. The maximum absolute atomic E-state index is 11.2. The second kappa shape index (κ2) is 4.97. The maximum Gasteiger partial charge on any atom is 0.377 e. The van der Waals surface area contributed by atoms with Gasteiger partial charge in [-0.3, -0.25) is 0 Å². The molecule has 0 unspecified atom stereocenters. The SMILES string of the molecule is COC(=O)c1ncn(-c2ccc(CO)c(C)c2)n1. The maximum atomic E-state index is 11.2. The number of aliphatic hydroxyl groups is 1. The van der Waals surface area contributed by atoms with Crippen molar-refractivity contribution in [2.75, 3.05) is 7.11 Å². The third-order valence-electron chi connectivity index (χ3n) is 2.62. The normalized spacial score (nSPS) is 10.4. The Morgan fingerprint density at radius 3 is 2.89 bits per heavy atom. The smallest absolute Gasteiger partial charge is 0.377 e. The van der Waals surface area contributed by atoms with Crippen LogP contribution in [0.3, 0.4) is 0 Å². The van der Waals surface area contributed by atoms with Crippen LogP contribution < -0.4 is 0 Å². The molecule has 0 radical (unpaired) electrons. The van der Waals surface area contributed by atoms with E-state index in [1.165, 1.54) is 18.1 Å². The number of carbonyl (C=O) groups is 1. The van der Waals surface area contributed by atoms with Crippen LogP contribution in [0.4, 0.5) is 0 Å². The van der Waals surface area contributed by atoms with Crippen molar-refractivity contribution in [1.29, 1.82) is 0 Å². The van der Waals surface area contributed by atoms with Crippen LogP contribution in [0.25, 0.3) is 5.69 Å². The minimum absolute atomic E-state index is 0.00309. The molecule has 0 fully saturated rings. The van der Waals surface area contributed by atoms with E-state index in [0.29, 0.717) is 0 Å². The average Bonchev–Trinajstić information content (AvgIpc) is 2.87. The number of hydrogen-bond donors (Lipinski definition) is 1. The standard InChI is InChI=1S/C12H13N3O3/c1-8-5-10(4-3-9(8)6-16)15-7-13-11(14-15)12(17)18-2/h3-5,7,16H,6H2,1-2H3. The van der Waals surface area contributed by atoms with E-state index in [1.807, 2.05) is 19.1 Å². The summed E-state index contributed by atoms with van der Waals surface area (Å²) in [6.07, 6.45) is 1.44. The lowest BCUT2D eigenvalue weighted by Crippen LogP contribution is -2.05. The van der Waals surface area contributed by atoms with Gasteiger partial charge in [-0.1, -0.05) is 6.07 Å². The Balaban J connectivity index is 2.34. The van der Waals surface area contributed by atoms with E-state index in [0.717, 1.165) is 16.8 Å². The molecule has 6 nitrogen and oxygen atoms in total. The number of methoxy groups -OCH3 is 1. The quantitative estimate of drug-likeness (QED) is 0.814. The number of benzene rings is 1. The molecule has 0 aliphatic rings. The molecular weight excluding hydrogens is 234 g/mol.